The molecule has 21 heavy (non-hydrogen) atoms. The van der Waals surface area contributed by atoms with E-state index in [1.165, 1.54) is 18.2 Å². The van der Waals surface area contributed by atoms with E-state index in [9.17, 15) is 19.1 Å². The van der Waals surface area contributed by atoms with Crippen LogP contribution in [0.25, 0.3) is 0 Å². The predicted molar refractivity (Wildman–Crippen MR) is 78.6 cm³/mol. The van der Waals surface area contributed by atoms with Crippen LogP contribution in [0.3, 0.4) is 0 Å². The zero-order valence-corrected chi connectivity index (χ0v) is 12.3. The molecule has 116 valence electrons. The minimum Gasteiger partial charge on any atom is -0.480 e. The minimum atomic E-state index is -1.05. The third-order valence-electron chi connectivity index (χ3n) is 3.24. The molecule has 6 heteroatoms. The molecule has 1 rings (SSSR count). The van der Waals surface area contributed by atoms with Crippen molar-refractivity contribution < 1.29 is 19.1 Å². The topological polar surface area (TPSA) is 78.4 Å². The minimum absolute atomic E-state index is 0.0704. The second-order valence-corrected chi connectivity index (χ2v) is 5.09. The zero-order chi connectivity index (χ0) is 15.9. The third kappa shape index (κ3) is 5.15. The molecule has 0 fully saturated rings. The fraction of sp³-hybridized carbons (Fsp3) is 0.467. The maximum absolute atomic E-state index is 13.4. The van der Waals surface area contributed by atoms with E-state index in [-0.39, 0.29) is 24.6 Å². The number of para-hydroxylation sites is 1. The van der Waals surface area contributed by atoms with Gasteiger partial charge in [0.25, 0.3) is 0 Å². The van der Waals surface area contributed by atoms with Crippen LogP contribution in [-0.2, 0) is 9.59 Å². The Balaban J connectivity index is 2.46. The van der Waals surface area contributed by atoms with E-state index in [1.807, 2.05) is 6.92 Å². The van der Waals surface area contributed by atoms with E-state index in [2.05, 4.69) is 10.6 Å². The fourth-order valence-corrected chi connectivity index (χ4v) is 2.00. The average Bonchev–Trinajstić information content (AvgIpc) is 2.41. The Kier molecular flexibility index (Phi) is 6.30. The lowest BCUT2D eigenvalue weighted by Crippen LogP contribution is -2.50. The smallest absolute Gasteiger partial charge is 0.323 e. The van der Waals surface area contributed by atoms with Gasteiger partial charge in [0.2, 0.25) is 5.91 Å². The summed E-state index contributed by atoms with van der Waals surface area (Å²) in [5.41, 5.74) is -0.926. The molecule has 1 aromatic rings. The van der Waals surface area contributed by atoms with Crippen molar-refractivity contribution in [1.82, 2.24) is 5.32 Å². The van der Waals surface area contributed by atoms with Crippen molar-refractivity contribution in [3.05, 3.63) is 30.1 Å². The molecule has 1 amide bonds. The van der Waals surface area contributed by atoms with Gasteiger partial charge in [-0.2, -0.15) is 0 Å². The summed E-state index contributed by atoms with van der Waals surface area (Å²) in [6, 6.07) is 5.89. The highest BCUT2D eigenvalue weighted by Crippen LogP contribution is 2.14. The molecule has 0 aliphatic carbocycles. The molecule has 0 aromatic heterocycles. The Hall–Kier alpha value is -1.95. The van der Waals surface area contributed by atoms with E-state index in [4.69, 9.17) is 0 Å². The molecule has 0 saturated carbocycles. The Bertz CT molecular complexity index is 507. The highest BCUT2D eigenvalue weighted by molar-refractivity contribution is 5.91. The normalized spacial score (nSPS) is 13.5. The molecule has 0 spiro atoms. The first-order chi connectivity index (χ1) is 9.89. The van der Waals surface area contributed by atoms with Crippen LogP contribution in [0.2, 0.25) is 0 Å². The van der Waals surface area contributed by atoms with Gasteiger partial charge < -0.3 is 15.7 Å². The van der Waals surface area contributed by atoms with Crippen LogP contribution in [0.4, 0.5) is 10.1 Å². The van der Waals surface area contributed by atoms with E-state index >= 15 is 0 Å². The molecule has 0 heterocycles. The number of hydrogen-bond donors (Lipinski definition) is 3. The molecule has 0 radical (unpaired) electrons. The number of hydrogen-bond acceptors (Lipinski definition) is 3. The summed E-state index contributed by atoms with van der Waals surface area (Å²) < 4.78 is 13.4. The number of carboxylic acid groups (broad SMARTS) is 1. The Labute approximate surface area is 123 Å². The molecule has 0 aliphatic rings. The van der Waals surface area contributed by atoms with Crippen molar-refractivity contribution in [2.45, 2.75) is 38.6 Å². The van der Waals surface area contributed by atoms with E-state index in [1.54, 1.807) is 13.0 Å². The average molecular weight is 296 g/mol. The first-order valence-corrected chi connectivity index (χ1v) is 6.92. The SMILES string of the molecule is CCCC(C)(NCCC(=O)Nc1ccccc1F)C(=O)O. The van der Waals surface area contributed by atoms with Crippen LogP contribution in [0.1, 0.15) is 33.1 Å². The molecular formula is C15H21FN2O3. The molecular weight excluding hydrogens is 275 g/mol. The first kappa shape index (κ1) is 17.1. The highest BCUT2D eigenvalue weighted by atomic mass is 19.1. The van der Waals surface area contributed by atoms with Crippen molar-refractivity contribution in [1.29, 1.82) is 0 Å². The molecule has 1 aromatic carbocycles. The van der Waals surface area contributed by atoms with Crippen molar-refractivity contribution in [2.75, 3.05) is 11.9 Å². The standard InChI is InChI=1S/C15H21FN2O3/c1-3-9-15(2,14(20)21)17-10-8-13(19)18-12-7-5-4-6-11(12)16/h4-7,17H,3,8-10H2,1-2H3,(H,18,19)(H,20,21). The van der Waals surface area contributed by atoms with E-state index in [0.29, 0.717) is 6.42 Å². The van der Waals surface area contributed by atoms with Gasteiger partial charge in [-0.05, 0) is 25.5 Å². The number of rotatable bonds is 8. The number of nitrogens with one attached hydrogen (secondary N) is 2. The predicted octanol–water partition coefficient (Wildman–Crippen LogP) is 2.39. The van der Waals surface area contributed by atoms with Crippen molar-refractivity contribution in [2.24, 2.45) is 0 Å². The summed E-state index contributed by atoms with van der Waals surface area (Å²) in [5.74, 6) is -1.81. The highest BCUT2D eigenvalue weighted by Gasteiger charge is 2.31. The fourth-order valence-electron chi connectivity index (χ4n) is 2.00. The van der Waals surface area contributed by atoms with Gasteiger partial charge >= 0.3 is 5.97 Å². The molecule has 1 unspecified atom stereocenters. The van der Waals surface area contributed by atoms with Gasteiger partial charge in [0, 0.05) is 13.0 Å². The van der Waals surface area contributed by atoms with Crippen LogP contribution in [0, 0.1) is 5.82 Å². The van der Waals surface area contributed by atoms with Crippen molar-refractivity contribution in [3.8, 4) is 0 Å². The number of benzene rings is 1. The molecule has 3 N–H and O–H groups in total. The van der Waals surface area contributed by atoms with Gasteiger partial charge in [-0.1, -0.05) is 25.5 Å². The molecule has 5 nitrogen and oxygen atoms in total. The van der Waals surface area contributed by atoms with Gasteiger partial charge in [-0.15, -0.1) is 0 Å². The number of aliphatic carboxylic acids is 1. The lowest BCUT2D eigenvalue weighted by atomic mass is 9.96. The number of carbonyl (C=O) groups excluding carboxylic acids is 1. The van der Waals surface area contributed by atoms with Crippen molar-refractivity contribution in [3.63, 3.8) is 0 Å². The third-order valence-corrected chi connectivity index (χ3v) is 3.24. The van der Waals surface area contributed by atoms with Crippen LogP contribution < -0.4 is 10.6 Å². The number of halogens is 1. The van der Waals surface area contributed by atoms with Gasteiger partial charge in [-0.3, -0.25) is 9.59 Å². The van der Waals surface area contributed by atoms with Crippen LogP contribution in [0.15, 0.2) is 24.3 Å². The summed E-state index contributed by atoms with van der Waals surface area (Å²) in [6.07, 6.45) is 1.26. The van der Waals surface area contributed by atoms with Crippen molar-refractivity contribution >= 4 is 17.6 Å². The number of carboxylic acids is 1. The molecule has 1 atom stereocenters. The molecule has 0 aliphatic heterocycles. The number of amides is 1. The summed E-state index contributed by atoms with van der Waals surface area (Å²) in [4.78, 5) is 22.9. The Morgan fingerprint density at radius 3 is 2.57 bits per heavy atom. The monoisotopic (exact) mass is 296 g/mol. The van der Waals surface area contributed by atoms with Gasteiger partial charge in [0.05, 0.1) is 5.69 Å². The van der Waals surface area contributed by atoms with E-state index < -0.39 is 17.3 Å². The second-order valence-electron chi connectivity index (χ2n) is 5.09. The van der Waals surface area contributed by atoms with E-state index in [0.717, 1.165) is 6.42 Å². The van der Waals surface area contributed by atoms with Crippen LogP contribution in [-0.4, -0.2) is 29.1 Å². The van der Waals surface area contributed by atoms with Gasteiger partial charge in [0.1, 0.15) is 11.4 Å². The number of carbonyl (C=O) groups is 2. The Morgan fingerprint density at radius 2 is 2.00 bits per heavy atom. The Morgan fingerprint density at radius 1 is 1.33 bits per heavy atom. The lowest BCUT2D eigenvalue weighted by molar-refractivity contribution is -0.144. The van der Waals surface area contributed by atoms with Gasteiger partial charge in [0.15, 0.2) is 0 Å². The maximum atomic E-state index is 13.4. The van der Waals surface area contributed by atoms with Crippen LogP contribution >= 0.6 is 0 Å². The summed E-state index contributed by atoms with van der Waals surface area (Å²) in [6.45, 7) is 3.70. The van der Waals surface area contributed by atoms with Crippen LogP contribution in [0.5, 0.6) is 0 Å². The van der Waals surface area contributed by atoms with Gasteiger partial charge in [-0.25, -0.2) is 4.39 Å². The maximum Gasteiger partial charge on any atom is 0.323 e. The number of anilines is 1. The second kappa shape index (κ2) is 7.73. The molecule has 0 bridgehead atoms. The summed E-state index contributed by atoms with van der Waals surface area (Å²) >= 11 is 0. The summed E-state index contributed by atoms with van der Waals surface area (Å²) in [7, 11) is 0. The largest absolute Gasteiger partial charge is 0.480 e. The molecule has 0 saturated heterocycles. The first-order valence-electron chi connectivity index (χ1n) is 6.92. The lowest BCUT2D eigenvalue weighted by Gasteiger charge is -2.25. The quantitative estimate of drug-likeness (QED) is 0.688. The summed E-state index contributed by atoms with van der Waals surface area (Å²) in [5, 5.41) is 14.5. The zero-order valence-electron chi connectivity index (χ0n) is 12.3.